The summed E-state index contributed by atoms with van der Waals surface area (Å²) in [5, 5.41) is 17.0. The highest BCUT2D eigenvalue weighted by Crippen LogP contribution is 2.23. The van der Waals surface area contributed by atoms with Crippen LogP contribution in [0.4, 0.5) is 11.7 Å². The summed E-state index contributed by atoms with van der Waals surface area (Å²) in [7, 11) is 1.31. The lowest BCUT2D eigenvalue weighted by atomic mass is 10.4. The molecule has 0 saturated carbocycles. The van der Waals surface area contributed by atoms with E-state index in [9.17, 15) is 14.7 Å². The summed E-state index contributed by atoms with van der Waals surface area (Å²) in [6.45, 7) is 3.45. The lowest BCUT2D eigenvalue weighted by molar-refractivity contribution is 0.419. The first kappa shape index (κ1) is 14.4. The van der Waals surface area contributed by atoms with Crippen LogP contribution in [0.15, 0.2) is 24.2 Å². The van der Waals surface area contributed by atoms with Crippen molar-refractivity contribution in [3.05, 3.63) is 32.3 Å². The molecule has 0 aliphatic rings. The molecule has 9 nitrogen and oxygen atoms in total. The van der Waals surface area contributed by atoms with Gasteiger partial charge in [0.25, 0.3) is 5.56 Å². The molecule has 2 aromatic rings. The molecule has 0 atom stereocenters. The smallest absolute Gasteiger partial charge is 0.342 e. The normalized spacial score (nSPS) is 11.4. The monoisotopic (exact) mass is 391 g/mol. The van der Waals surface area contributed by atoms with Crippen LogP contribution in [0.5, 0.6) is 5.88 Å². The molecule has 0 aromatic carbocycles. The average molecular weight is 391 g/mol. The fourth-order valence-electron chi connectivity index (χ4n) is 1.34. The van der Waals surface area contributed by atoms with Crippen molar-refractivity contribution in [1.29, 1.82) is 0 Å². The van der Waals surface area contributed by atoms with E-state index in [4.69, 9.17) is 4.42 Å². The third kappa shape index (κ3) is 2.37. The van der Waals surface area contributed by atoms with Crippen LogP contribution >= 0.6 is 22.9 Å². The van der Waals surface area contributed by atoms with Gasteiger partial charge in [0.1, 0.15) is 5.76 Å². The average Bonchev–Trinajstić information content (AvgIpc) is 2.73. The highest BCUT2D eigenvalue weighted by atomic mass is 127. The maximum Gasteiger partial charge on any atom is 0.342 e. The molecule has 0 saturated heterocycles. The second kappa shape index (κ2) is 5.19. The third-order valence-electron chi connectivity index (χ3n) is 2.62. The molecular formula is C10H10IN5O4. The number of aromatic nitrogens is 3. The number of hydrogen-bond donors (Lipinski definition) is 1. The molecule has 0 radical (unpaired) electrons. The van der Waals surface area contributed by atoms with Crippen LogP contribution in [-0.2, 0) is 7.05 Å². The van der Waals surface area contributed by atoms with Gasteiger partial charge in [0.2, 0.25) is 11.6 Å². The van der Waals surface area contributed by atoms with Crippen LogP contribution in [0.1, 0.15) is 11.5 Å². The summed E-state index contributed by atoms with van der Waals surface area (Å²) in [6.07, 6.45) is 0. The van der Waals surface area contributed by atoms with Crippen molar-refractivity contribution < 1.29 is 9.52 Å². The lowest BCUT2D eigenvalue weighted by Gasteiger charge is -2.04. The zero-order valence-corrected chi connectivity index (χ0v) is 12.9. The van der Waals surface area contributed by atoms with Crippen molar-refractivity contribution in [3.63, 3.8) is 0 Å². The molecule has 10 heteroatoms. The highest BCUT2D eigenvalue weighted by Gasteiger charge is 2.15. The maximum atomic E-state index is 11.8. The number of oxazole rings is 1. The van der Waals surface area contributed by atoms with Gasteiger partial charge in [-0.25, -0.2) is 4.79 Å². The second-order valence-corrected chi connectivity index (χ2v) is 4.90. The number of halogens is 1. The van der Waals surface area contributed by atoms with Crippen molar-refractivity contribution >= 4 is 34.6 Å². The molecule has 0 aliphatic carbocycles. The molecule has 2 rings (SSSR count). The first-order valence-electron chi connectivity index (χ1n) is 5.40. The first-order valence-corrected chi connectivity index (χ1v) is 6.36. The predicted octanol–water partition coefficient (Wildman–Crippen LogP) is 1.47. The minimum absolute atomic E-state index is 0.0346. The Hall–Kier alpha value is -1.98. The molecule has 0 unspecified atom stereocenters. The number of hydrogen-bond acceptors (Lipinski definition) is 7. The van der Waals surface area contributed by atoms with Crippen LogP contribution in [0.2, 0.25) is 0 Å². The molecule has 2 heterocycles. The standard InChI is InChI=1S/C10H10IN5O4/c1-4-5(2)20-9(12-4)14-13-6-7(17)15(3)10(19)16(11)8(6)18/h17H,1-3H3. The Morgan fingerprint density at radius 2 is 1.95 bits per heavy atom. The molecule has 2 aromatic heterocycles. The van der Waals surface area contributed by atoms with Gasteiger partial charge in [0.05, 0.1) is 28.6 Å². The van der Waals surface area contributed by atoms with Gasteiger partial charge in [-0.1, -0.05) is 5.11 Å². The number of aromatic hydroxyl groups is 1. The van der Waals surface area contributed by atoms with Gasteiger partial charge in [-0.2, -0.15) is 7.76 Å². The highest BCUT2D eigenvalue weighted by molar-refractivity contribution is 14.1. The fraction of sp³-hybridized carbons (Fsp3) is 0.300. The maximum absolute atomic E-state index is 11.8. The number of rotatable bonds is 2. The van der Waals surface area contributed by atoms with E-state index >= 15 is 0 Å². The van der Waals surface area contributed by atoms with E-state index in [1.807, 2.05) is 0 Å². The van der Waals surface area contributed by atoms with Crippen LogP contribution in [0.25, 0.3) is 0 Å². The van der Waals surface area contributed by atoms with Crippen molar-refractivity contribution in [2.75, 3.05) is 0 Å². The van der Waals surface area contributed by atoms with E-state index in [1.54, 1.807) is 13.8 Å². The number of azo groups is 1. The zero-order valence-electron chi connectivity index (χ0n) is 10.8. The van der Waals surface area contributed by atoms with Crippen molar-refractivity contribution in [2.24, 2.45) is 17.3 Å². The first-order chi connectivity index (χ1) is 9.32. The van der Waals surface area contributed by atoms with Crippen LogP contribution in [-0.4, -0.2) is 17.4 Å². The third-order valence-corrected chi connectivity index (χ3v) is 3.47. The summed E-state index contributed by atoms with van der Waals surface area (Å²) >= 11 is 1.52. The summed E-state index contributed by atoms with van der Waals surface area (Å²) < 4.78 is 6.84. The van der Waals surface area contributed by atoms with Crippen molar-refractivity contribution in [2.45, 2.75) is 13.8 Å². The van der Waals surface area contributed by atoms with Crippen LogP contribution in [0, 0.1) is 13.8 Å². The number of nitrogens with zero attached hydrogens (tertiary/aromatic N) is 5. The SMILES string of the molecule is Cc1nc(N=Nc2c(O)n(C)c(=O)n(I)c2=O)oc1C. The van der Waals surface area contributed by atoms with E-state index in [-0.39, 0.29) is 11.7 Å². The molecule has 0 spiro atoms. The van der Waals surface area contributed by atoms with E-state index in [1.165, 1.54) is 29.9 Å². The van der Waals surface area contributed by atoms with E-state index in [0.717, 1.165) is 7.35 Å². The van der Waals surface area contributed by atoms with Gasteiger partial charge in [0.15, 0.2) is 0 Å². The Morgan fingerprint density at radius 3 is 2.50 bits per heavy atom. The quantitative estimate of drug-likeness (QED) is 0.615. The van der Waals surface area contributed by atoms with E-state index in [2.05, 4.69) is 15.2 Å². The molecule has 20 heavy (non-hydrogen) atoms. The van der Waals surface area contributed by atoms with Gasteiger partial charge < -0.3 is 9.52 Å². The molecule has 106 valence electrons. The van der Waals surface area contributed by atoms with Gasteiger partial charge in [-0.3, -0.25) is 9.36 Å². The minimum Gasteiger partial charge on any atom is -0.493 e. The van der Waals surface area contributed by atoms with Gasteiger partial charge in [-0.15, -0.1) is 5.11 Å². The molecule has 0 amide bonds. The molecular weight excluding hydrogens is 381 g/mol. The summed E-state index contributed by atoms with van der Waals surface area (Å²) in [5.41, 5.74) is -1.16. The van der Waals surface area contributed by atoms with Gasteiger partial charge in [0, 0.05) is 7.05 Å². The topological polar surface area (TPSA) is 115 Å². The largest absolute Gasteiger partial charge is 0.493 e. The Labute approximate surface area is 126 Å². The van der Waals surface area contributed by atoms with Crippen LogP contribution < -0.4 is 11.2 Å². The predicted molar refractivity (Wildman–Crippen MR) is 77.2 cm³/mol. The summed E-state index contributed by atoms with van der Waals surface area (Å²) in [5.74, 6) is 0.00611. The Morgan fingerprint density at radius 1 is 1.30 bits per heavy atom. The second-order valence-electron chi connectivity index (χ2n) is 3.94. The minimum atomic E-state index is -0.769. The van der Waals surface area contributed by atoms with Gasteiger partial charge >= 0.3 is 11.7 Å². The van der Waals surface area contributed by atoms with Gasteiger partial charge in [-0.05, 0) is 13.8 Å². The molecule has 0 bridgehead atoms. The fourth-order valence-corrected chi connectivity index (χ4v) is 1.89. The molecule has 1 N–H and O–H groups in total. The summed E-state index contributed by atoms with van der Waals surface area (Å²) in [4.78, 5) is 27.3. The molecule has 0 fully saturated rings. The summed E-state index contributed by atoms with van der Waals surface area (Å²) in [6, 6.07) is -0.0346. The zero-order chi connectivity index (χ0) is 15.0. The lowest BCUT2D eigenvalue weighted by Crippen LogP contribution is -2.33. The van der Waals surface area contributed by atoms with Crippen molar-refractivity contribution in [1.82, 2.24) is 12.3 Å². The van der Waals surface area contributed by atoms with E-state index in [0.29, 0.717) is 11.5 Å². The molecule has 0 aliphatic heterocycles. The Balaban J connectivity index is 2.55. The number of aryl methyl sites for hydroxylation is 2. The van der Waals surface area contributed by atoms with E-state index < -0.39 is 17.1 Å². The van der Waals surface area contributed by atoms with Crippen molar-refractivity contribution in [3.8, 4) is 5.88 Å². The Bertz CT molecular complexity index is 797. The van der Waals surface area contributed by atoms with Crippen LogP contribution in [0.3, 0.4) is 0 Å². The Kier molecular flexibility index (Phi) is 3.74.